The molecule has 2 nitrogen and oxygen atoms in total. The van der Waals surface area contributed by atoms with E-state index in [-0.39, 0.29) is 0 Å². The smallest absolute Gasteiger partial charge is 0.353 e. The fourth-order valence-corrected chi connectivity index (χ4v) is 0.508. The van der Waals surface area contributed by atoms with Crippen LogP contribution in [0.5, 0.6) is 0 Å². The van der Waals surface area contributed by atoms with Crippen LogP contribution >= 0.6 is 8.20 Å². The summed E-state index contributed by atoms with van der Waals surface area (Å²) in [7, 11) is 0.402. The third kappa shape index (κ3) is 5.64. The molecule has 40 valence electrons. The lowest BCUT2D eigenvalue weighted by Crippen LogP contribution is -1.73. The van der Waals surface area contributed by atoms with Crippen LogP contribution in [0.2, 0.25) is 0 Å². The highest BCUT2D eigenvalue weighted by atomic mass is 31.1. The van der Waals surface area contributed by atoms with Crippen LogP contribution in [-0.4, -0.2) is 16.6 Å². The number of hydrogen-bond donors (Lipinski definition) is 1. The second-order valence-electron chi connectivity index (χ2n) is 1.00. The van der Waals surface area contributed by atoms with Gasteiger partial charge >= 0.3 is 5.71 Å². The van der Waals surface area contributed by atoms with Crippen molar-refractivity contribution in [3.8, 4) is 0 Å². The molecule has 0 amide bonds. The van der Waals surface area contributed by atoms with Gasteiger partial charge in [0.2, 0.25) is 0 Å². The molecule has 0 aromatic heterocycles. The van der Waals surface area contributed by atoms with Crippen molar-refractivity contribution >= 4 is 19.7 Å². The second-order valence-corrected chi connectivity index (χ2v) is 2.01. The molecule has 0 aliphatic heterocycles. The van der Waals surface area contributed by atoms with E-state index in [0.29, 0.717) is 8.20 Å². The van der Waals surface area contributed by atoms with Gasteiger partial charge in [-0.25, -0.2) is 4.79 Å². The van der Waals surface area contributed by atoms with E-state index >= 15 is 0 Å². The molecular formula is C4H7O2P. The Hall–Kier alpha value is -0.360. The quantitative estimate of drug-likeness (QED) is 0.561. The van der Waals surface area contributed by atoms with Gasteiger partial charge in [-0.05, 0) is 6.42 Å². The Morgan fingerprint density at radius 2 is 2.57 bits per heavy atom. The molecule has 0 aromatic rings. The summed E-state index contributed by atoms with van der Waals surface area (Å²) in [5.41, 5.74) is -0.776. The SMILES string of the molecule is CCC=PC(=O)O. The van der Waals surface area contributed by atoms with Crippen molar-refractivity contribution < 1.29 is 9.90 Å². The lowest BCUT2D eigenvalue weighted by Gasteiger charge is -1.72. The molecule has 0 aromatic carbocycles. The Kier molecular flexibility index (Phi) is 3.62. The van der Waals surface area contributed by atoms with E-state index in [9.17, 15) is 4.79 Å². The highest BCUT2D eigenvalue weighted by molar-refractivity contribution is 7.56. The van der Waals surface area contributed by atoms with Crippen molar-refractivity contribution in [2.75, 3.05) is 0 Å². The minimum atomic E-state index is -0.776. The van der Waals surface area contributed by atoms with Gasteiger partial charge in [-0.2, -0.15) is 0 Å². The first-order valence-electron chi connectivity index (χ1n) is 2.02. The monoisotopic (exact) mass is 118 g/mol. The van der Waals surface area contributed by atoms with Gasteiger partial charge in [-0.15, -0.1) is 0 Å². The summed E-state index contributed by atoms with van der Waals surface area (Å²) < 4.78 is 0. The Morgan fingerprint density at radius 3 is 2.71 bits per heavy atom. The van der Waals surface area contributed by atoms with Crippen LogP contribution in [0.3, 0.4) is 0 Å². The van der Waals surface area contributed by atoms with Gasteiger partial charge in [-0.3, -0.25) is 0 Å². The molecule has 0 rings (SSSR count). The summed E-state index contributed by atoms with van der Waals surface area (Å²) in [5.74, 6) is 1.70. The zero-order chi connectivity index (χ0) is 5.70. The van der Waals surface area contributed by atoms with E-state index in [4.69, 9.17) is 5.11 Å². The Bertz CT molecular complexity index is 87.7. The van der Waals surface area contributed by atoms with E-state index in [1.807, 2.05) is 6.92 Å². The average molecular weight is 118 g/mol. The van der Waals surface area contributed by atoms with Gasteiger partial charge in [0.15, 0.2) is 0 Å². The second kappa shape index (κ2) is 3.82. The van der Waals surface area contributed by atoms with Gasteiger partial charge in [0.05, 0.1) is 0 Å². The van der Waals surface area contributed by atoms with E-state index in [2.05, 4.69) is 0 Å². The number of carboxylic acid groups (broad SMARTS) is 1. The van der Waals surface area contributed by atoms with Crippen LogP contribution < -0.4 is 0 Å². The summed E-state index contributed by atoms with van der Waals surface area (Å²) in [6.45, 7) is 1.91. The van der Waals surface area contributed by atoms with Crippen LogP contribution in [0.1, 0.15) is 13.3 Å². The number of hydrogen-bond acceptors (Lipinski definition) is 1. The Labute approximate surface area is 44.0 Å². The minimum Gasteiger partial charge on any atom is -0.475 e. The van der Waals surface area contributed by atoms with Crippen LogP contribution in [0, 0.1) is 0 Å². The lowest BCUT2D eigenvalue weighted by molar-refractivity contribution is 0.222. The van der Waals surface area contributed by atoms with Crippen molar-refractivity contribution in [2.45, 2.75) is 13.3 Å². The van der Waals surface area contributed by atoms with E-state index < -0.39 is 5.71 Å². The highest BCUT2D eigenvalue weighted by Crippen LogP contribution is 1.93. The van der Waals surface area contributed by atoms with Gasteiger partial charge < -0.3 is 5.11 Å². The predicted octanol–water partition coefficient (Wildman–Crippen LogP) is 1.82. The van der Waals surface area contributed by atoms with Crippen molar-refractivity contribution in [2.24, 2.45) is 0 Å². The van der Waals surface area contributed by atoms with Gasteiger partial charge in [0.25, 0.3) is 0 Å². The topological polar surface area (TPSA) is 37.3 Å². The first-order valence-corrected chi connectivity index (χ1v) is 2.99. The van der Waals surface area contributed by atoms with Crippen LogP contribution in [0.15, 0.2) is 0 Å². The average Bonchev–Trinajstić information content (AvgIpc) is 1.61. The minimum absolute atomic E-state index is 0.402. The lowest BCUT2D eigenvalue weighted by atomic mass is 10.6. The molecule has 0 bridgehead atoms. The molecule has 3 heteroatoms. The van der Waals surface area contributed by atoms with E-state index in [0.717, 1.165) is 6.42 Å². The molecule has 0 fully saturated rings. The molecule has 0 radical (unpaired) electrons. The summed E-state index contributed by atoms with van der Waals surface area (Å²) in [4.78, 5) is 9.71. The van der Waals surface area contributed by atoms with Crippen molar-refractivity contribution in [1.82, 2.24) is 0 Å². The fourth-order valence-electron chi connectivity index (χ4n) is 0.169. The Morgan fingerprint density at radius 1 is 2.00 bits per heavy atom. The molecule has 0 aliphatic carbocycles. The molecule has 0 heterocycles. The number of rotatable bonds is 2. The van der Waals surface area contributed by atoms with E-state index in [1.165, 1.54) is 0 Å². The largest absolute Gasteiger partial charge is 0.475 e. The third-order valence-corrected chi connectivity index (χ3v) is 1.15. The summed E-state index contributed by atoms with van der Waals surface area (Å²) in [6, 6.07) is 0. The number of carbonyl (C=O) groups is 1. The maximum atomic E-state index is 9.71. The molecule has 7 heavy (non-hydrogen) atoms. The Balaban J connectivity index is 3.26. The van der Waals surface area contributed by atoms with E-state index in [1.54, 1.807) is 5.80 Å². The highest BCUT2D eigenvalue weighted by Gasteiger charge is 1.80. The fraction of sp³-hybridized carbons (Fsp3) is 0.500. The zero-order valence-electron chi connectivity index (χ0n) is 4.09. The van der Waals surface area contributed by atoms with Crippen molar-refractivity contribution in [3.63, 3.8) is 0 Å². The van der Waals surface area contributed by atoms with Gasteiger partial charge in [0.1, 0.15) is 0 Å². The molecule has 0 spiro atoms. The molecule has 1 N–H and O–H groups in total. The maximum absolute atomic E-state index is 9.71. The first kappa shape index (κ1) is 6.64. The predicted molar refractivity (Wildman–Crippen MR) is 31.3 cm³/mol. The van der Waals surface area contributed by atoms with Crippen molar-refractivity contribution in [1.29, 1.82) is 0 Å². The standard InChI is InChI=1S/C4H7O2P/c1-2-3-7-4(5)6/h3H,2H2,1H3,(H,5,6). The summed E-state index contributed by atoms with van der Waals surface area (Å²) >= 11 is 0. The summed E-state index contributed by atoms with van der Waals surface area (Å²) in [6.07, 6.45) is 0.827. The molecule has 0 atom stereocenters. The normalized spacial score (nSPS) is 9.86. The molecule has 0 saturated carbocycles. The van der Waals surface area contributed by atoms with Crippen LogP contribution in [0.4, 0.5) is 4.79 Å². The summed E-state index contributed by atoms with van der Waals surface area (Å²) in [5, 5.41) is 8.00. The maximum Gasteiger partial charge on any atom is 0.353 e. The molecular weight excluding hydrogens is 111 g/mol. The van der Waals surface area contributed by atoms with Crippen LogP contribution in [0.25, 0.3) is 0 Å². The molecule has 0 aliphatic rings. The van der Waals surface area contributed by atoms with Crippen molar-refractivity contribution in [3.05, 3.63) is 0 Å². The molecule has 0 unspecified atom stereocenters. The van der Waals surface area contributed by atoms with Crippen LogP contribution in [-0.2, 0) is 0 Å². The zero-order valence-corrected chi connectivity index (χ0v) is 4.98. The third-order valence-electron chi connectivity index (χ3n) is 0.384. The van der Waals surface area contributed by atoms with Gasteiger partial charge in [-0.1, -0.05) is 12.7 Å². The van der Waals surface area contributed by atoms with Gasteiger partial charge in [0, 0.05) is 8.20 Å². The molecule has 0 saturated heterocycles. The first-order chi connectivity index (χ1) is 3.27.